The normalized spacial score (nSPS) is 24.4. The first-order chi connectivity index (χ1) is 19.6. The van der Waals surface area contributed by atoms with Crippen LogP contribution in [-0.4, -0.2) is 85.3 Å². The van der Waals surface area contributed by atoms with Crippen molar-refractivity contribution in [2.75, 3.05) is 61.1 Å². The number of methoxy groups -OCH3 is 1. The van der Waals surface area contributed by atoms with E-state index in [1.807, 2.05) is 0 Å². The van der Waals surface area contributed by atoms with Gasteiger partial charge >= 0.3 is 0 Å². The van der Waals surface area contributed by atoms with Gasteiger partial charge in [-0.15, -0.1) is 0 Å². The minimum atomic E-state index is -0.191. The second-order valence-electron chi connectivity index (χ2n) is 11.4. The lowest BCUT2D eigenvalue weighted by Crippen LogP contribution is -2.55. The Morgan fingerprint density at radius 1 is 1.12 bits per heavy atom. The van der Waals surface area contributed by atoms with Crippen molar-refractivity contribution in [3.05, 3.63) is 53.7 Å². The first-order valence-corrected chi connectivity index (χ1v) is 14.7. The molecule has 1 aromatic carbocycles. The molecule has 9 nitrogen and oxygen atoms in total. The Morgan fingerprint density at radius 3 is 2.80 bits per heavy atom. The molecule has 4 heterocycles. The summed E-state index contributed by atoms with van der Waals surface area (Å²) in [6.45, 7) is 8.22. The van der Waals surface area contributed by atoms with E-state index in [0.29, 0.717) is 25.7 Å². The number of nitrogens with zero attached hydrogens (tertiary/aromatic N) is 7. The maximum atomic E-state index is 12.5. The second kappa shape index (κ2) is 11.5. The van der Waals surface area contributed by atoms with Crippen LogP contribution in [0.1, 0.15) is 42.5 Å². The molecule has 2 aromatic rings. The summed E-state index contributed by atoms with van der Waals surface area (Å²) in [6.07, 6.45) is 7.99. The van der Waals surface area contributed by atoms with Crippen LogP contribution in [0.5, 0.6) is 0 Å². The van der Waals surface area contributed by atoms with Crippen molar-refractivity contribution in [1.29, 1.82) is 5.26 Å². The van der Waals surface area contributed by atoms with Gasteiger partial charge in [-0.25, -0.2) is 4.98 Å². The number of ether oxygens (including phenoxy) is 1. The summed E-state index contributed by atoms with van der Waals surface area (Å²) >= 11 is 0. The van der Waals surface area contributed by atoms with Gasteiger partial charge in [0.25, 0.3) is 0 Å². The fourth-order valence-electron chi connectivity index (χ4n) is 7.01. The smallest absolute Gasteiger partial charge is 0.246 e. The molecule has 0 N–H and O–H groups in total. The van der Waals surface area contributed by atoms with Crippen LogP contribution in [0.15, 0.2) is 36.9 Å². The van der Waals surface area contributed by atoms with Gasteiger partial charge in [-0.3, -0.25) is 4.79 Å². The number of hydrogen-bond donors (Lipinski definition) is 0. The lowest BCUT2D eigenvalue weighted by molar-refractivity contribution is -0.128. The minimum absolute atomic E-state index is 0.113. The van der Waals surface area contributed by atoms with Gasteiger partial charge in [-0.05, 0) is 49.8 Å². The number of anilines is 3. The molecule has 2 fully saturated rings. The summed E-state index contributed by atoms with van der Waals surface area (Å²) in [5.74, 6) is 1.64. The highest BCUT2D eigenvalue weighted by Crippen LogP contribution is 2.37. The number of amides is 1. The molecule has 1 amide bonds. The Labute approximate surface area is 237 Å². The topological polar surface area (TPSA) is 88.8 Å². The molecule has 40 heavy (non-hydrogen) atoms. The minimum Gasteiger partial charge on any atom is -0.380 e. The van der Waals surface area contributed by atoms with E-state index in [-0.39, 0.29) is 24.5 Å². The Hall–Kier alpha value is -3.64. The van der Waals surface area contributed by atoms with Crippen molar-refractivity contribution in [3.63, 3.8) is 0 Å². The zero-order valence-corrected chi connectivity index (χ0v) is 23.5. The van der Waals surface area contributed by atoms with Gasteiger partial charge in [0.05, 0.1) is 30.3 Å². The summed E-state index contributed by atoms with van der Waals surface area (Å²) in [6, 6.07) is 11.3. The third kappa shape index (κ3) is 5.01. The molecule has 0 spiro atoms. The van der Waals surface area contributed by atoms with Crippen molar-refractivity contribution in [2.45, 2.75) is 63.1 Å². The van der Waals surface area contributed by atoms with E-state index in [0.717, 1.165) is 69.2 Å². The standard InChI is InChI=1S/C31H39N7O2/c1-3-29(39)38-18-17-35(20-24(38)12-14-32)30-26-11-10-23(37-15-6-8-22-7-4-5-9-28(22)37)19-27(26)33-31(34-30)36-16-13-25(21-36)40-2/h3-5,7,9,23-25H,1,6,8,10-13,15-21H2,2H3/t23-,24+,25-/m1/s1. The zero-order valence-electron chi connectivity index (χ0n) is 23.5. The van der Waals surface area contributed by atoms with Crippen LogP contribution in [0, 0.1) is 11.3 Å². The van der Waals surface area contributed by atoms with E-state index in [1.54, 1.807) is 12.0 Å². The Bertz CT molecular complexity index is 1310. The van der Waals surface area contributed by atoms with Crippen LogP contribution >= 0.6 is 0 Å². The average molecular weight is 542 g/mol. The average Bonchev–Trinajstić information content (AvgIpc) is 3.49. The third-order valence-electron chi connectivity index (χ3n) is 9.13. The number of carbonyl (C=O) groups is 1. The predicted octanol–water partition coefficient (Wildman–Crippen LogP) is 3.13. The molecule has 2 saturated heterocycles. The van der Waals surface area contributed by atoms with Crippen LogP contribution in [-0.2, 0) is 28.8 Å². The quantitative estimate of drug-likeness (QED) is 0.516. The van der Waals surface area contributed by atoms with E-state index >= 15 is 0 Å². The van der Waals surface area contributed by atoms with Gasteiger partial charge in [0.15, 0.2) is 0 Å². The van der Waals surface area contributed by atoms with E-state index in [4.69, 9.17) is 14.7 Å². The molecule has 210 valence electrons. The molecular weight excluding hydrogens is 502 g/mol. The molecule has 0 unspecified atom stereocenters. The largest absolute Gasteiger partial charge is 0.380 e. The number of benzene rings is 1. The molecule has 0 saturated carbocycles. The SMILES string of the molecule is C=CC(=O)N1CCN(c2nc(N3CC[C@@H](OC)C3)nc3c2CC[C@@H](N2CCCc4ccccc42)C3)C[C@@H]1CC#N. The molecule has 0 radical (unpaired) electrons. The fraction of sp³-hybridized carbons (Fsp3) is 0.548. The van der Waals surface area contributed by atoms with E-state index in [1.165, 1.54) is 29.3 Å². The van der Waals surface area contributed by atoms with E-state index in [9.17, 15) is 10.1 Å². The van der Waals surface area contributed by atoms with Gasteiger partial charge in [0.1, 0.15) is 5.82 Å². The van der Waals surface area contributed by atoms with Crippen LogP contribution in [0.4, 0.5) is 17.5 Å². The number of aryl methyl sites for hydroxylation is 1. The number of aromatic nitrogens is 2. The number of hydrogen-bond acceptors (Lipinski definition) is 8. The maximum Gasteiger partial charge on any atom is 0.246 e. The van der Waals surface area contributed by atoms with Crippen LogP contribution in [0.3, 0.4) is 0 Å². The number of rotatable bonds is 6. The first kappa shape index (κ1) is 26.6. The number of fused-ring (bicyclic) bond motifs is 2. The molecule has 1 aliphatic carbocycles. The summed E-state index contributed by atoms with van der Waals surface area (Å²) in [5.41, 5.74) is 5.19. The van der Waals surface area contributed by atoms with Gasteiger partial charge in [0.2, 0.25) is 11.9 Å². The summed E-state index contributed by atoms with van der Waals surface area (Å²) < 4.78 is 5.65. The summed E-state index contributed by atoms with van der Waals surface area (Å²) in [4.78, 5) is 31.9. The Morgan fingerprint density at radius 2 is 2.00 bits per heavy atom. The highest BCUT2D eigenvalue weighted by atomic mass is 16.5. The molecule has 9 heteroatoms. The predicted molar refractivity (Wildman–Crippen MR) is 156 cm³/mol. The van der Waals surface area contributed by atoms with Crippen molar-refractivity contribution < 1.29 is 9.53 Å². The van der Waals surface area contributed by atoms with Crippen LogP contribution in [0.2, 0.25) is 0 Å². The number of piperazine rings is 1. The summed E-state index contributed by atoms with van der Waals surface area (Å²) in [5, 5.41) is 9.52. The monoisotopic (exact) mass is 541 g/mol. The molecule has 6 rings (SSSR count). The first-order valence-electron chi connectivity index (χ1n) is 14.7. The summed E-state index contributed by atoms with van der Waals surface area (Å²) in [7, 11) is 1.77. The van der Waals surface area contributed by atoms with E-state index < -0.39 is 0 Å². The molecule has 4 aliphatic rings. The van der Waals surface area contributed by atoms with E-state index in [2.05, 4.69) is 51.6 Å². The molecular formula is C31H39N7O2. The van der Waals surface area contributed by atoms with Crippen molar-refractivity contribution in [1.82, 2.24) is 14.9 Å². The van der Waals surface area contributed by atoms with Gasteiger partial charge in [-0.1, -0.05) is 24.8 Å². The zero-order chi connectivity index (χ0) is 27.6. The van der Waals surface area contributed by atoms with Crippen LogP contribution < -0.4 is 14.7 Å². The lowest BCUT2D eigenvalue weighted by atomic mass is 9.88. The van der Waals surface area contributed by atoms with Crippen molar-refractivity contribution >= 4 is 23.4 Å². The highest BCUT2D eigenvalue weighted by molar-refractivity contribution is 5.87. The molecule has 0 bridgehead atoms. The van der Waals surface area contributed by atoms with Gasteiger partial charge < -0.3 is 24.3 Å². The van der Waals surface area contributed by atoms with Crippen LogP contribution in [0.25, 0.3) is 0 Å². The Kier molecular flexibility index (Phi) is 7.61. The third-order valence-corrected chi connectivity index (χ3v) is 9.13. The Balaban J connectivity index is 1.33. The number of nitriles is 1. The second-order valence-corrected chi connectivity index (χ2v) is 11.4. The lowest BCUT2D eigenvalue weighted by Gasteiger charge is -2.43. The van der Waals surface area contributed by atoms with Gasteiger partial charge in [0, 0.05) is 70.1 Å². The fourth-order valence-corrected chi connectivity index (χ4v) is 7.01. The molecule has 3 atom stereocenters. The van der Waals surface area contributed by atoms with Crippen molar-refractivity contribution in [3.8, 4) is 6.07 Å². The number of para-hydroxylation sites is 1. The highest BCUT2D eigenvalue weighted by Gasteiger charge is 2.36. The number of carbonyl (C=O) groups excluding carboxylic acids is 1. The van der Waals surface area contributed by atoms with Crippen molar-refractivity contribution in [2.24, 2.45) is 0 Å². The molecule has 3 aliphatic heterocycles. The van der Waals surface area contributed by atoms with Gasteiger partial charge in [-0.2, -0.15) is 10.2 Å². The maximum absolute atomic E-state index is 12.5. The molecule has 1 aromatic heterocycles.